The summed E-state index contributed by atoms with van der Waals surface area (Å²) in [6.45, 7) is 8.97. The average molecular weight is 1230 g/mol. The molecule has 64 heavy (non-hydrogen) atoms. The van der Waals surface area contributed by atoms with Gasteiger partial charge in [0.25, 0.3) is 0 Å². The third-order valence-corrected chi connectivity index (χ3v) is 19.4. The topological polar surface area (TPSA) is 0 Å². The minimum atomic E-state index is -0.756. The van der Waals surface area contributed by atoms with E-state index in [0.29, 0.717) is 5.66 Å². The minimum Gasteiger partial charge on any atom is -0.366 e. The molecule has 2 unspecified atom stereocenters. The van der Waals surface area contributed by atoms with Crippen molar-refractivity contribution in [3.8, 4) is 34.1 Å². The van der Waals surface area contributed by atoms with Gasteiger partial charge in [0.15, 0.2) is 0 Å². The maximum atomic E-state index is 7.43. The molecule has 0 saturated heterocycles. The van der Waals surface area contributed by atoms with E-state index in [1.165, 1.54) is 73.9 Å². The maximum absolute atomic E-state index is 7.43. The smallest absolute Gasteiger partial charge is 0.366 e. The molecular formula is C60H54Au2P2+2. The van der Waals surface area contributed by atoms with Crippen LogP contribution in [-0.4, -0.2) is 18.0 Å². The van der Waals surface area contributed by atoms with Gasteiger partial charge in [0.05, 0.1) is 35.7 Å². The van der Waals surface area contributed by atoms with Crippen molar-refractivity contribution >= 4 is 31.8 Å². The van der Waals surface area contributed by atoms with E-state index in [0.717, 1.165) is 11.1 Å². The third-order valence-electron chi connectivity index (χ3n) is 12.9. The van der Waals surface area contributed by atoms with Crippen molar-refractivity contribution in [2.24, 2.45) is 0 Å². The van der Waals surface area contributed by atoms with Gasteiger partial charge in [0.2, 0.25) is 0 Å². The summed E-state index contributed by atoms with van der Waals surface area (Å²) >= 11 is 0. The van der Waals surface area contributed by atoms with Gasteiger partial charge in [-0.25, -0.2) is 0 Å². The fourth-order valence-corrected chi connectivity index (χ4v) is 16.4. The molecule has 3 aliphatic rings. The van der Waals surface area contributed by atoms with E-state index in [-0.39, 0.29) is 55.6 Å². The fourth-order valence-electron chi connectivity index (χ4n) is 9.75. The molecule has 0 radical (unpaired) electrons. The summed E-state index contributed by atoms with van der Waals surface area (Å²) in [7, 11) is -1.40. The van der Waals surface area contributed by atoms with E-state index >= 15 is 0 Å². The normalized spacial score (nSPS) is 15.3. The number of fused-ring (bicyclic) bond motifs is 6. The number of allylic oxidation sites excluding steroid dienone is 4. The Morgan fingerprint density at radius 1 is 0.469 bits per heavy atom. The quantitative estimate of drug-likeness (QED) is 0.0646. The Kier molecular flexibility index (Phi) is 16.9. The van der Waals surface area contributed by atoms with Crippen LogP contribution in [0.3, 0.4) is 0 Å². The van der Waals surface area contributed by atoms with Crippen molar-refractivity contribution in [3.05, 3.63) is 246 Å². The van der Waals surface area contributed by atoms with Gasteiger partial charge in [-0.2, -0.15) is 0 Å². The van der Waals surface area contributed by atoms with Crippen LogP contribution in [0.25, 0.3) is 22.3 Å². The Balaban J connectivity index is 0.000000165. The van der Waals surface area contributed by atoms with Crippen LogP contribution in [-0.2, 0) is 55.6 Å². The van der Waals surface area contributed by atoms with Gasteiger partial charge in [-0.05, 0) is 75.9 Å². The zero-order valence-electron chi connectivity index (χ0n) is 36.9. The molecule has 3 aliphatic carbocycles. The first kappa shape index (κ1) is 48.9. The number of rotatable bonds is 7. The van der Waals surface area contributed by atoms with Crippen molar-refractivity contribution < 1.29 is 44.8 Å². The Hall–Kier alpha value is -4.52. The van der Waals surface area contributed by atoms with E-state index in [1.807, 2.05) is 24.3 Å². The standard InChI is InChI=1S/C26H26P2.2C17H13.2Au/c1-5-13-23(14-6-1)27(24-15-7-2-8-16-24)21-22-28(25-17-9-3-10-18-25)26-19-11-4-12-20-26;2*1-4-12-8-7-11-15-16(12)13-9-5-6-10-14(13)17(15,2)3;;/h1-19,26H,20-22H2;2*5-11H,2-3H3;;/q;2*-1;2*+1/p+2. The summed E-state index contributed by atoms with van der Waals surface area (Å²) in [6, 6.07) is 62.9. The second-order valence-electron chi connectivity index (χ2n) is 17.3. The molecule has 0 N–H and O–H groups in total. The van der Waals surface area contributed by atoms with Crippen LogP contribution < -0.4 is 15.9 Å². The van der Waals surface area contributed by atoms with Crippen LogP contribution in [0.15, 0.2) is 200 Å². The van der Waals surface area contributed by atoms with Crippen molar-refractivity contribution in [3.63, 3.8) is 0 Å². The summed E-state index contributed by atoms with van der Waals surface area (Å²) in [5, 5.41) is 4.65. The van der Waals surface area contributed by atoms with Crippen LogP contribution in [0.4, 0.5) is 0 Å². The molecule has 0 heterocycles. The molecule has 0 nitrogen and oxygen atoms in total. The summed E-state index contributed by atoms with van der Waals surface area (Å²) < 4.78 is 0. The number of hydrogen-bond acceptors (Lipinski definition) is 0. The number of benzene rings is 7. The van der Waals surface area contributed by atoms with Gasteiger partial charge in [-0.15, -0.1) is 23.3 Å². The molecule has 2 atom stereocenters. The molecule has 0 aromatic heterocycles. The largest absolute Gasteiger partial charge is 1.00 e. The van der Waals surface area contributed by atoms with Crippen molar-refractivity contribution in [1.29, 1.82) is 0 Å². The Bertz CT molecular complexity index is 2650. The number of hydrogen-bond donors (Lipinski definition) is 0. The predicted octanol–water partition coefficient (Wildman–Crippen LogP) is 13.1. The minimum absolute atomic E-state index is 0. The first-order chi connectivity index (χ1) is 30.2. The first-order valence-corrected chi connectivity index (χ1v) is 25.3. The van der Waals surface area contributed by atoms with E-state index in [2.05, 4.69) is 215 Å². The van der Waals surface area contributed by atoms with Gasteiger partial charge < -0.3 is 12.8 Å². The van der Waals surface area contributed by atoms with Crippen LogP contribution in [0.1, 0.15) is 67.5 Å². The summed E-state index contributed by atoms with van der Waals surface area (Å²) in [5.74, 6) is 5.11. The Morgan fingerprint density at radius 3 is 1.30 bits per heavy atom. The molecule has 0 amide bonds. The van der Waals surface area contributed by atoms with Gasteiger partial charge >= 0.3 is 44.8 Å². The molecule has 0 saturated carbocycles. The zero-order chi connectivity index (χ0) is 43.1. The van der Waals surface area contributed by atoms with Gasteiger partial charge in [-0.3, -0.25) is 11.8 Å². The predicted molar refractivity (Wildman–Crippen MR) is 272 cm³/mol. The maximum Gasteiger partial charge on any atom is 1.00 e. The van der Waals surface area contributed by atoms with Gasteiger partial charge in [0, 0.05) is 25.2 Å². The van der Waals surface area contributed by atoms with E-state index in [1.54, 1.807) is 5.30 Å². The van der Waals surface area contributed by atoms with Crippen LogP contribution >= 0.6 is 15.8 Å². The Morgan fingerprint density at radius 2 is 0.875 bits per heavy atom. The molecule has 324 valence electrons. The van der Waals surface area contributed by atoms with Gasteiger partial charge in [0.1, 0.15) is 6.16 Å². The van der Waals surface area contributed by atoms with E-state index in [4.69, 9.17) is 12.8 Å². The molecule has 10 rings (SSSR count). The van der Waals surface area contributed by atoms with E-state index < -0.39 is 15.8 Å². The summed E-state index contributed by atoms with van der Waals surface area (Å²) in [5.41, 5.74) is 12.7. The molecule has 0 fully saturated rings. The molecule has 7 aromatic carbocycles. The molecule has 7 aromatic rings. The second kappa shape index (κ2) is 22.1. The molecule has 4 heteroatoms. The van der Waals surface area contributed by atoms with Crippen LogP contribution in [0, 0.1) is 24.7 Å². The van der Waals surface area contributed by atoms with Crippen LogP contribution in [0.5, 0.6) is 0 Å². The first-order valence-electron chi connectivity index (χ1n) is 21.8. The van der Waals surface area contributed by atoms with Crippen molar-refractivity contribution in [1.82, 2.24) is 0 Å². The summed E-state index contributed by atoms with van der Waals surface area (Å²) in [4.78, 5) is 0. The molecular weight excluding hydrogens is 1180 g/mol. The monoisotopic (exact) mass is 1230 g/mol. The average Bonchev–Trinajstić information content (AvgIpc) is 3.72. The van der Waals surface area contributed by atoms with Crippen LogP contribution in [0.2, 0.25) is 0 Å². The summed E-state index contributed by atoms with van der Waals surface area (Å²) in [6.07, 6.45) is 27.9. The molecule has 0 aliphatic heterocycles. The zero-order valence-corrected chi connectivity index (χ0v) is 43.2. The third kappa shape index (κ3) is 10.1. The SMILES string of the molecule is C1=CCC([PH+](CC[PH+](c2ccccc2)c2ccccc2)c2ccccc2)C=C1.[Au+].[Au+].[C-]#Cc1cccc2c1-c1ccccc1C2(C)C.[C-]#Cc1cccc2c1-c1ccccc1C2(C)C. The molecule has 0 spiro atoms. The second-order valence-corrected chi connectivity index (χ2v) is 22.8. The Labute approximate surface area is 416 Å². The molecule has 0 bridgehead atoms. The van der Waals surface area contributed by atoms with Crippen molar-refractivity contribution in [2.75, 3.05) is 12.3 Å². The fraction of sp³-hybridized carbons (Fsp3) is 0.167. The van der Waals surface area contributed by atoms with Crippen molar-refractivity contribution in [2.45, 2.75) is 50.6 Å². The van der Waals surface area contributed by atoms with E-state index in [9.17, 15) is 0 Å². The van der Waals surface area contributed by atoms with Gasteiger partial charge in [-0.1, -0.05) is 184 Å².